The Morgan fingerprint density at radius 3 is 2.47 bits per heavy atom. The summed E-state index contributed by atoms with van der Waals surface area (Å²) in [6, 6.07) is 20.0. The number of rotatable bonds is 4. The van der Waals surface area contributed by atoms with Gasteiger partial charge < -0.3 is 14.7 Å². The maximum absolute atomic E-state index is 10.9. The summed E-state index contributed by atoms with van der Waals surface area (Å²) in [5.74, 6) is 0.545. The molecule has 0 amide bonds. The molecule has 0 saturated carbocycles. The molecule has 8 nitrogen and oxygen atoms in total. The molecule has 0 aliphatic carbocycles. The van der Waals surface area contributed by atoms with E-state index in [1.165, 1.54) is 6.07 Å². The molecule has 1 aliphatic heterocycles. The minimum absolute atomic E-state index is 0.0269. The second-order valence-electron chi connectivity index (χ2n) is 6.62. The number of morpholine rings is 1. The molecule has 8 heteroatoms. The molecule has 0 atom stereocenters. The van der Waals surface area contributed by atoms with Gasteiger partial charge in [-0.2, -0.15) is 10.5 Å². The summed E-state index contributed by atoms with van der Waals surface area (Å²) in [6.07, 6.45) is 0. The molecule has 4 rings (SSSR count). The van der Waals surface area contributed by atoms with Crippen molar-refractivity contribution in [2.45, 2.75) is 0 Å². The maximum atomic E-state index is 10.9. The van der Waals surface area contributed by atoms with Crippen LogP contribution in [-0.2, 0) is 4.74 Å². The molecular formula is C22H18N6O2. The summed E-state index contributed by atoms with van der Waals surface area (Å²) in [5.41, 5.74) is 1.49. The first-order valence-corrected chi connectivity index (χ1v) is 9.40. The van der Waals surface area contributed by atoms with Crippen LogP contribution in [0.2, 0.25) is 0 Å². The highest BCUT2D eigenvalue weighted by molar-refractivity contribution is 5.92. The van der Waals surface area contributed by atoms with Crippen molar-refractivity contribution in [3.8, 4) is 17.8 Å². The third-order valence-corrected chi connectivity index (χ3v) is 4.79. The average Bonchev–Trinajstić information content (AvgIpc) is 3.25. The largest absolute Gasteiger partial charge is 0.506 e. The number of benzene rings is 2. The Labute approximate surface area is 173 Å². The standard InChI is InChI=1S/C22H18N6O2/c23-14-16-5-4-6-17(13-16)20(29)19(15-24)21-25-26-22(27-9-11-30-12-10-27)28(21)18-7-2-1-3-8-18/h1-8,13,29H,9-12H2. The maximum Gasteiger partial charge on any atom is 0.232 e. The van der Waals surface area contributed by atoms with Crippen LogP contribution in [0.1, 0.15) is 17.0 Å². The van der Waals surface area contributed by atoms with Gasteiger partial charge in [0, 0.05) is 18.7 Å². The highest BCUT2D eigenvalue weighted by Gasteiger charge is 2.25. The summed E-state index contributed by atoms with van der Waals surface area (Å²) < 4.78 is 7.19. The van der Waals surface area contributed by atoms with Crippen LogP contribution in [-0.4, -0.2) is 46.2 Å². The van der Waals surface area contributed by atoms with Crippen LogP contribution in [0, 0.1) is 22.7 Å². The molecule has 2 heterocycles. The van der Waals surface area contributed by atoms with Gasteiger partial charge in [-0.3, -0.25) is 4.57 Å². The molecule has 148 valence electrons. The van der Waals surface area contributed by atoms with Crippen molar-refractivity contribution in [1.82, 2.24) is 14.8 Å². The second-order valence-corrected chi connectivity index (χ2v) is 6.62. The molecule has 0 unspecified atom stereocenters. The van der Waals surface area contributed by atoms with Crippen LogP contribution in [0.4, 0.5) is 5.95 Å². The Morgan fingerprint density at radius 1 is 1.00 bits per heavy atom. The van der Waals surface area contributed by atoms with Crippen LogP contribution in [0.3, 0.4) is 0 Å². The van der Waals surface area contributed by atoms with Crippen molar-refractivity contribution in [1.29, 1.82) is 10.5 Å². The predicted molar refractivity (Wildman–Crippen MR) is 111 cm³/mol. The van der Waals surface area contributed by atoms with Crippen LogP contribution >= 0.6 is 0 Å². The fourth-order valence-electron chi connectivity index (χ4n) is 3.31. The molecule has 1 aromatic heterocycles. The van der Waals surface area contributed by atoms with Crippen molar-refractivity contribution >= 4 is 17.3 Å². The number of nitrogens with zero attached hydrogens (tertiary/aromatic N) is 6. The van der Waals surface area contributed by atoms with E-state index in [2.05, 4.69) is 16.3 Å². The molecule has 1 saturated heterocycles. The number of nitriles is 2. The van der Waals surface area contributed by atoms with Gasteiger partial charge in [0.25, 0.3) is 0 Å². The summed E-state index contributed by atoms with van der Waals surface area (Å²) in [6.45, 7) is 2.44. The lowest BCUT2D eigenvalue weighted by atomic mass is 10.1. The summed E-state index contributed by atoms with van der Waals surface area (Å²) in [7, 11) is 0. The number of para-hydroxylation sites is 1. The Bertz CT molecular complexity index is 1160. The molecule has 1 aliphatic rings. The lowest BCUT2D eigenvalue weighted by molar-refractivity contribution is 0.122. The van der Waals surface area contributed by atoms with E-state index in [-0.39, 0.29) is 17.2 Å². The van der Waals surface area contributed by atoms with E-state index >= 15 is 0 Å². The van der Waals surface area contributed by atoms with E-state index in [1.54, 1.807) is 22.8 Å². The van der Waals surface area contributed by atoms with Gasteiger partial charge in [0.05, 0.1) is 30.5 Å². The third kappa shape index (κ3) is 3.60. The highest BCUT2D eigenvalue weighted by Crippen LogP contribution is 2.29. The zero-order valence-electron chi connectivity index (χ0n) is 16.1. The van der Waals surface area contributed by atoms with Crippen LogP contribution in [0.15, 0.2) is 54.6 Å². The molecule has 2 aromatic carbocycles. The molecular weight excluding hydrogens is 380 g/mol. The Morgan fingerprint density at radius 2 is 1.77 bits per heavy atom. The van der Waals surface area contributed by atoms with Crippen LogP contribution in [0.25, 0.3) is 17.0 Å². The summed E-state index contributed by atoms with van der Waals surface area (Å²) in [4.78, 5) is 2.04. The summed E-state index contributed by atoms with van der Waals surface area (Å²) >= 11 is 0. The normalized spacial score (nSPS) is 14.5. The minimum Gasteiger partial charge on any atom is -0.506 e. The van der Waals surface area contributed by atoms with E-state index in [9.17, 15) is 10.4 Å². The molecule has 0 radical (unpaired) electrons. The quantitative estimate of drug-likeness (QED) is 0.531. The summed E-state index contributed by atoms with van der Waals surface area (Å²) in [5, 5.41) is 38.5. The number of anilines is 1. The lowest BCUT2D eigenvalue weighted by Crippen LogP contribution is -2.38. The first-order chi connectivity index (χ1) is 14.7. The van der Waals surface area contributed by atoms with E-state index in [4.69, 9.17) is 10.00 Å². The van der Waals surface area contributed by atoms with E-state index < -0.39 is 0 Å². The minimum atomic E-state index is -0.257. The number of aliphatic hydroxyl groups excluding tert-OH is 1. The van der Waals surface area contributed by atoms with Gasteiger partial charge in [0.1, 0.15) is 17.4 Å². The van der Waals surface area contributed by atoms with Crippen LogP contribution < -0.4 is 4.90 Å². The fraction of sp³-hybridized carbons (Fsp3) is 0.182. The van der Waals surface area contributed by atoms with E-state index in [0.717, 1.165) is 5.69 Å². The highest BCUT2D eigenvalue weighted by atomic mass is 16.5. The Kier molecular flexibility index (Phi) is 5.42. The SMILES string of the molecule is N#CC(=C(O)c1cccc(C#N)c1)c1nnc(N2CCOCC2)n1-c1ccccc1. The Hall–Kier alpha value is -4.14. The van der Waals surface area contributed by atoms with Gasteiger partial charge in [-0.05, 0) is 24.3 Å². The molecule has 3 aromatic rings. The van der Waals surface area contributed by atoms with Gasteiger partial charge >= 0.3 is 0 Å². The fourth-order valence-corrected chi connectivity index (χ4v) is 3.31. The predicted octanol–water partition coefficient (Wildman–Crippen LogP) is 2.93. The monoisotopic (exact) mass is 398 g/mol. The van der Waals surface area contributed by atoms with Gasteiger partial charge in [-0.1, -0.05) is 30.3 Å². The zero-order valence-corrected chi connectivity index (χ0v) is 16.1. The van der Waals surface area contributed by atoms with Crippen molar-refractivity contribution in [3.63, 3.8) is 0 Å². The molecule has 0 bridgehead atoms. The number of aromatic nitrogens is 3. The molecule has 30 heavy (non-hydrogen) atoms. The number of allylic oxidation sites excluding steroid dienone is 1. The van der Waals surface area contributed by atoms with Gasteiger partial charge in [-0.25, -0.2) is 0 Å². The number of ether oxygens (including phenoxy) is 1. The van der Waals surface area contributed by atoms with Crippen molar-refractivity contribution in [2.75, 3.05) is 31.2 Å². The lowest BCUT2D eigenvalue weighted by Gasteiger charge is -2.28. The zero-order chi connectivity index (χ0) is 20.9. The first-order valence-electron chi connectivity index (χ1n) is 9.40. The number of hydrogen-bond acceptors (Lipinski definition) is 7. The number of aliphatic hydroxyl groups is 1. The van der Waals surface area contributed by atoms with Gasteiger partial charge in [0.15, 0.2) is 5.82 Å². The van der Waals surface area contributed by atoms with Crippen molar-refractivity contribution in [3.05, 3.63) is 71.5 Å². The van der Waals surface area contributed by atoms with E-state index in [0.29, 0.717) is 43.4 Å². The van der Waals surface area contributed by atoms with E-state index in [1.807, 2.05) is 41.3 Å². The topological polar surface area (TPSA) is 111 Å². The molecule has 1 N–H and O–H groups in total. The smallest absolute Gasteiger partial charge is 0.232 e. The molecule has 0 spiro atoms. The molecule has 1 fully saturated rings. The Balaban J connectivity index is 1.90. The number of hydrogen-bond donors (Lipinski definition) is 1. The third-order valence-electron chi connectivity index (χ3n) is 4.79. The van der Waals surface area contributed by atoms with Crippen LogP contribution in [0.5, 0.6) is 0 Å². The van der Waals surface area contributed by atoms with Gasteiger partial charge in [0.2, 0.25) is 5.95 Å². The van der Waals surface area contributed by atoms with Crippen molar-refractivity contribution < 1.29 is 9.84 Å². The first kappa shape index (κ1) is 19.2. The second kappa shape index (κ2) is 8.48. The van der Waals surface area contributed by atoms with Crippen molar-refractivity contribution in [2.24, 2.45) is 0 Å². The van der Waals surface area contributed by atoms with Gasteiger partial charge in [-0.15, -0.1) is 10.2 Å². The average molecular weight is 398 g/mol.